The van der Waals surface area contributed by atoms with E-state index in [1.54, 1.807) is 4.68 Å². The van der Waals surface area contributed by atoms with Gasteiger partial charge in [-0.1, -0.05) is 19.3 Å². The van der Waals surface area contributed by atoms with E-state index in [0.29, 0.717) is 12.3 Å². The molecule has 0 saturated heterocycles. The lowest BCUT2D eigenvalue weighted by Crippen LogP contribution is -2.50. The molecule has 0 unspecified atom stereocenters. The predicted octanol–water partition coefficient (Wildman–Crippen LogP) is 0.378. The van der Waals surface area contributed by atoms with Crippen LogP contribution in [0.3, 0.4) is 0 Å². The number of tetrazole rings is 1. The molecule has 0 atom stereocenters. The number of amides is 1. The molecule has 6 nitrogen and oxygen atoms in total. The number of thiol groups is 1. The third-order valence-electron chi connectivity index (χ3n) is 3.29. The van der Waals surface area contributed by atoms with E-state index >= 15 is 0 Å². The first kappa shape index (κ1) is 12.3. The second-order valence-corrected chi connectivity index (χ2v) is 4.77. The first-order chi connectivity index (χ1) is 8.29. The highest BCUT2D eigenvalue weighted by atomic mass is 32.1. The smallest absolute Gasteiger partial charge is 0.248 e. The van der Waals surface area contributed by atoms with Crippen LogP contribution in [0.15, 0.2) is 6.33 Å². The third-order valence-corrected chi connectivity index (χ3v) is 3.51. The largest absolute Gasteiger partial charge is 0.353 e. The maximum atomic E-state index is 12.3. The topological polar surface area (TPSA) is 72.7 Å². The Labute approximate surface area is 106 Å². The molecule has 2 rings (SSSR count). The Bertz CT molecular complexity index is 361. The van der Waals surface area contributed by atoms with E-state index in [4.69, 9.17) is 0 Å². The molecule has 0 radical (unpaired) electrons. The van der Waals surface area contributed by atoms with Gasteiger partial charge < -0.3 is 5.32 Å². The van der Waals surface area contributed by atoms with E-state index in [0.717, 1.165) is 25.7 Å². The van der Waals surface area contributed by atoms with Crippen molar-refractivity contribution in [3.63, 3.8) is 0 Å². The molecule has 1 amide bonds. The van der Waals surface area contributed by atoms with E-state index in [1.807, 2.05) is 0 Å². The van der Waals surface area contributed by atoms with Gasteiger partial charge in [0.25, 0.3) is 0 Å². The maximum absolute atomic E-state index is 12.3. The molecule has 0 spiro atoms. The summed E-state index contributed by atoms with van der Waals surface area (Å²) in [6.07, 6.45) is 6.38. The quantitative estimate of drug-likeness (QED) is 0.763. The Morgan fingerprint density at radius 3 is 2.76 bits per heavy atom. The van der Waals surface area contributed by atoms with Gasteiger partial charge >= 0.3 is 0 Å². The number of hydrogen-bond donors (Lipinski definition) is 2. The van der Waals surface area contributed by atoms with Crippen molar-refractivity contribution in [2.75, 3.05) is 12.3 Å². The minimum Gasteiger partial charge on any atom is -0.353 e. The number of nitrogens with one attached hydrogen (secondary N) is 1. The molecule has 7 heteroatoms. The molecule has 1 fully saturated rings. The molecule has 1 saturated carbocycles. The number of aromatic nitrogens is 4. The Morgan fingerprint density at radius 2 is 2.18 bits per heavy atom. The summed E-state index contributed by atoms with van der Waals surface area (Å²) in [5.74, 6) is 0.649. The van der Waals surface area contributed by atoms with Crippen molar-refractivity contribution < 1.29 is 4.79 Å². The van der Waals surface area contributed by atoms with Gasteiger partial charge in [0.2, 0.25) is 5.91 Å². The van der Waals surface area contributed by atoms with Gasteiger partial charge in [-0.05, 0) is 23.3 Å². The first-order valence-corrected chi connectivity index (χ1v) is 6.55. The fourth-order valence-electron chi connectivity index (χ4n) is 2.39. The third kappa shape index (κ3) is 2.43. The first-order valence-electron chi connectivity index (χ1n) is 5.92. The molecule has 94 valence electrons. The van der Waals surface area contributed by atoms with Gasteiger partial charge in [0.1, 0.15) is 11.9 Å². The van der Waals surface area contributed by atoms with E-state index in [1.165, 1.54) is 12.7 Å². The average molecular weight is 255 g/mol. The van der Waals surface area contributed by atoms with Crippen LogP contribution >= 0.6 is 12.6 Å². The Balaban J connectivity index is 2.20. The van der Waals surface area contributed by atoms with Crippen molar-refractivity contribution in [2.24, 2.45) is 0 Å². The number of nitrogens with zero attached hydrogens (tertiary/aromatic N) is 4. The lowest BCUT2D eigenvalue weighted by Gasteiger charge is -2.35. The van der Waals surface area contributed by atoms with Crippen molar-refractivity contribution >= 4 is 18.5 Å². The van der Waals surface area contributed by atoms with Crippen molar-refractivity contribution in [2.45, 2.75) is 37.6 Å². The second-order valence-electron chi connectivity index (χ2n) is 4.33. The van der Waals surface area contributed by atoms with Crippen molar-refractivity contribution in [1.82, 2.24) is 25.5 Å². The molecular weight excluding hydrogens is 238 g/mol. The van der Waals surface area contributed by atoms with E-state index < -0.39 is 5.54 Å². The Morgan fingerprint density at radius 1 is 1.41 bits per heavy atom. The second kappa shape index (κ2) is 5.48. The fourth-order valence-corrected chi connectivity index (χ4v) is 2.50. The van der Waals surface area contributed by atoms with Crippen LogP contribution in [0.2, 0.25) is 0 Å². The van der Waals surface area contributed by atoms with Gasteiger partial charge in [-0.3, -0.25) is 4.79 Å². The molecule has 1 aliphatic rings. The SMILES string of the molecule is O=C(NCCS)C1(n2cnnn2)CCCCC1. The highest BCUT2D eigenvalue weighted by Crippen LogP contribution is 2.34. The number of hydrogen-bond acceptors (Lipinski definition) is 5. The Hall–Kier alpha value is -1.11. The summed E-state index contributed by atoms with van der Waals surface area (Å²) in [7, 11) is 0. The van der Waals surface area contributed by atoms with Crippen LogP contribution in [0, 0.1) is 0 Å². The summed E-state index contributed by atoms with van der Waals surface area (Å²) in [6.45, 7) is 0.575. The zero-order valence-electron chi connectivity index (χ0n) is 9.67. The van der Waals surface area contributed by atoms with Crippen LogP contribution in [0.5, 0.6) is 0 Å². The molecule has 1 N–H and O–H groups in total. The highest BCUT2D eigenvalue weighted by molar-refractivity contribution is 7.80. The zero-order chi connectivity index (χ0) is 12.1. The van der Waals surface area contributed by atoms with Crippen molar-refractivity contribution in [3.8, 4) is 0 Å². The lowest BCUT2D eigenvalue weighted by atomic mass is 9.81. The molecule has 0 aromatic carbocycles. The molecule has 0 aliphatic heterocycles. The summed E-state index contributed by atoms with van der Waals surface area (Å²) >= 11 is 4.10. The van der Waals surface area contributed by atoms with Gasteiger partial charge in [-0.2, -0.15) is 12.6 Å². The molecule has 1 aliphatic carbocycles. The van der Waals surface area contributed by atoms with Crippen LogP contribution in [0.4, 0.5) is 0 Å². The normalized spacial score (nSPS) is 18.9. The Kier molecular flexibility index (Phi) is 3.98. The molecule has 17 heavy (non-hydrogen) atoms. The number of rotatable bonds is 4. The molecule has 0 bridgehead atoms. The van der Waals surface area contributed by atoms with Crippen LogP contribution in [-0.2, 0) is 10.3 Å². The van der Waals surface area contributed by atoms with Crippen LogP contribution < -0.4 is 5.32 Å². The summed E-state index contributed by atoms with van der Waals surface area (Å²) < 4.78 is 1.61. The van der Waals surface area contributed by atoms with Crippen LogP contribution in [-0.4, -0.2) is 38.4 Å². The van der Waals surface area contributed by atoms with Crippen molar-refractivity contribution in [1.29, 1.82) is 0 Å². The van der Waals surface area contributed by atoms with E-state index in [-0.39, 0.29) is 5.91 Å². The van der Waals surface area contributed by atoms with E-state index in [9.17, 15) is 4.79 Å². The monoisotopic (exact) mass is 255 g/mol. The fraction of sp³-hybridized carbons (Fsp3) is 0.800. The summed E-state index contributed by atoms with van der Waals surface area (Å²) in [4.78, 5) is 12.3. The predicted molar refractivity (Wildman–Crippen MR) is 65.7 cm³/mol. The van der Waals surface area contributed by atoms with Crippen molar-refractivity contribution in [3.05, 3.63) is 6.33 Å². The molecule has 1 aromatic rings. The van der Waals surface area contributed by atoms with Gasteiger partial charge in [0.05, 0.1) is 0 Å². The zero-order valence-corrected chi connectivity index (χ0v) is 10.6. The summed E-state index contributed by atoms with van der Waals surface area (Å²) in [5, 5.41) is 14.1. The summed E-state index contributed by atoms with van der Waals surface area (Å²) in [5.41, 5.74) is -0.593. The maximum Gasteiger partial charge on any atom is 0.248 e. The molecule has 1 heterocycles. The van der Waals surface area contributed by atoms with Gasteiger partial charge in [-0.15, -0.1) is 5.10 Å². The average Bonchev–Trinajstić information content (AvgIpc) is 2.91. The van der Waals surface area contributed by atoms with Gasteiger partial charge in [0, 0.05) is 12.3 Å². The number of carbonyl (C=O) groups is 1. The highest BCUT2D eigenvalue weighted by Gasteiger charge is 2.42. The number of carbonyl (C=O) groups excluding carboxylic acids is 1. The minimum atomic E-state index is -0.593. The molecular formula is C10H17N5OS. The standard InChI is InChI=1S/C10H17N5OS/c16-9(11-6-7-17)10(4-2-1-3-5-10)15-8-12-13-14-15/h8,17H,1-7H2,(H,11,16). The van der Waals surface area contributed by atoms with Gasteiger partial charge in [0.15, 0.2) is 0 Å². The van der Waals surface area contributed by atoms with Crippen LogP contribution in [0.25, 0.3) is 0 Å². The van der Waals surface area contributed by atoms with Crippen LogP contribution in [0.1, 0.15) is 32.1 Å². The molecule has 1 aromatic heterocycles. The minimum absolute atomic E-state index is 0.0125. The lowest BCUT2D eigenvalue weighted by molar-refractivity contribution is -0.132. The van der Waals surface area contributed by atoms with E-state index in [2.05, 4.69) is 33.5 Å². The van der Waals surface area contributed by atoms with Gasteiger partial charge in [-0.25, -0.2) is 4.68 Å². The summed E-state index contributed by atoms with van der Waals surface area (Å²) in [6, 6.07) is 0.